The van der Waals surface area contributed by atoms with Gasteiger partial charge in [-0.15, -0.1) is 6.58 Å². The molecule has 0 amide bonds. The summed E-state index contributed by atoms with van der Waals surface area (Å²) in [6.07, 6.45) is 2.16. The largest absolute Gasteiger partial charge is 0.461 e. The van der Waals surface area contributed by atoms with E-state index in [1.807, 2.05) is 0 Å². The lowest BCUT2D eigenvalue weighted by Gasteiger charge is -2.07. The van der Waals surface area contributed by atoms with Crippen LogP contribution in [0.25, 0.3) is 0 Å². The van der Waals surface area contributed by atoms with E-state index in [2.05, 4.69) is 6.58 Å². The van der Waals surface area contributed by atoms with Crippen molar-refractivity contribution in [1.82, 2.24) is 0 Å². The first-order valence-corrected chi connectivity index (χ1v) is 3.49. The van der Waals surface area contributed by atoms with Gasteiger partial charge in [0.15, 0.2) is 5.76 Å². The van der Waals surface area contributed by atoms with Gasteiger partial charge in [-0.05, 0) is 6.08 Å². The second-order valence-electron chi connectivity index (χ2n) is 2.37. The molecule has 1 radical (unpaired) electrons. The molecule has 0 bridgehead atoms. The minimum Gasteiger partial charge on any atom is -0.461 e. The van der Waals surface area contributed by atoms with Crippen molar-refractivity contribution < 1.29 is 14.6 Å². The number of carbonyl (C=O) groups is 1. The average molecular weight is 168 g/mol. The first kappa shape index (κ1) is 8.96. The molecule has 0 spiro atoms. The quantitative estimate of drug-likeness (QED) is 0.615. The number of Topliss-reactive ketones (excluding diaryl/α,β-unsaturated/α-hetero) is 1. The van der Waals surface area contributed by atoms with E-state index in [4.69, 9.17) is 15.6 Å². The van der Waals surface area contributed by atoms with Gasteiger partial charge in [-0.2, -0.15) is 0 Å². The Kier molecular flexibility index (Phi) is 2.62. The number of ketones is 1. The van der Waals surface area contributed by atoms with Crippen molar-refractivity contribution in [2.24, 2.45) is 5.73 Å². The number of carbonyl (C=O) groups excluding carboxylic acids is 1. The van der Waals surface area contributed by atoms with Crippen LogP contribution in [0.4, 0.5) is 0 Å². The molecular weight excluding hydrogens is 158 g/mol. The third-order valence-corrected chi connectivity index (χ3v) is 1.47. The molecule has 3 N–H and O–H groups in total. The van der Waals surface area contributed by atoms with Crippen LogP contribution in [-0.2, 0) is 9.53 Å². The molecule has 0 fully saturated rings. The van der Waals surface area contributed by atoms with Crippen LogP contribution in [-0.4, -0.2) is 17.2 Å². The fraction of sp³-hybridized carbons (Fsp3) is 0.250. The maximum absolute atomic E-state index is 11.2. The number of aliphatic hydroxyl groups excluding tert-OH is 1. The molecule has 0 saturated carbocycles. The molecule has 1 unspecified atom stereocenters. The third kappa shape index (κ3) is 1.72. The average Bonchev–Trinajstić information content (AvgIpc) is 2.49. The van der Waals surface area contributed by atoms with Gasteiger partial charge in [0.2, 0.25) is 12.1 Å². The highest BCUT2D eigenvalue weighted by Crippen LogP contribution is 2.18. The summed E-state index contributed by atoms with van der Waals surface area (Å²) in [6, 6.07) is 0.0235. The zero-order valence-corrected chi connectivity index (χ0v) is 6.49. The topological polar surface area (TPSA) is 72.6 Å². The van der Waals surface area contributed by atoms with E-state index in [1.54, 1.807) is 0 Å². The highest BCUT2D eigenvalue weighted by atomic mass is 16.6. The molecule has 0 aromatic rings. The van der Waals surface area contributed by atoms with Gasteiger partial charge in [0.25, 0.3) is 0 Å². The van der Waals surface area contributed by atoms with E-state index in [1.165, 1.54) is 12.2 Å². The van der Waals surface area contributed by atoms with Crippen LogP contribution in [0.1, 0.15) is 6.42 Å². The van der Waals surface area contributed by atoms with Gasteiger partial charge in [0, 0.05) is 6.42 Å². The van der Waals surface area contributed by atoms with Crippen LogP contribution in [0.2, 0.25) is 0 Å². The summed E-state index contributed by atoms with van der Waals surface area (Å²) in [7, 11) is 0. The lowest BCUT2D eigenvalue weighted by molar-refractivity contribution is -0.121. The van der Waals surface area contributed by atoms with Crippen molar-refractivity contribution in [1.29, 1.82) is 0 Å². The van der Waals surface area contributed by atoms with Crippen LogP contribution in [0.3, 0.4) is 0 Å². The number of ether oxygens (including phenoxy) is 1. The molecule has 4 heteroatoms. The number of rotatable bonds is 3. The molecule has 0 saturated heterocycles. The van der Waals surface area contributed by atoms with E-state index >= 15 is 0 Å². The monoisotopic (exact) mass is 168 g/mol. The Morgan fingerprint density at radius 3 is 3.00 bits per heavy atom. The Hall–Kier alpha value is -1.13. The fourth-order valence-electron chi connectivity index (χ4n) is 0.832. The van der Waals surface area contributed by atoms with Crippen molar-refractivity contribution in [3.63, 3.8) is 0 Å². The first-order valence-electron chi connectivity index (χ1n) is 3.49. The van der Waals surface area contributed by atoms with E-state index in [0.717, 1.165) is 0 Å². The van der Waals surface area contributed by atoms with E-state index in [0.29, 0.717) is 6.42 Å². The van der Waals surface area contributed by atoms with Crippen LogP contribution < -0.4 is 5.73 Å². The zero-order valence-electron chi connectivity index (χ0n) is 6.49. The molecule has 65 valence electrons. The normalized spacial score (nSPS) is 21.9. The molecule has 4 nitrogen and oxygen atoms in total. The summed E-state index contributed by atoms with van der Waals surface area (Å²) in [5, 5.41) is 8.90. The van der Waals surface area contributed by atoms with Crippen LogP contribution in [0.5, 0.6) is 0 Å². The van der Waals surface area contributed by atoms with Crippen LogP contribution >= 0.6 is 0 Å². The van der Waals surface area contributed by atoms with Crippen molar-refractivity contribution in [3.8, 4) is 0 Å². The summed E-state index contributed by atoms with van der Waals surface area (Å²) >= 11 is 0. The fourth-order valence-corrected chi connectivity index (χ4v) is 0.832. The number of hydrogen-bond donors (Lipinski definition) is 2. The predicted octanol–water partition coefficient (Wildman–Crippen LogP) is -0.145. The standard InChI is InChI=1S/C8H10NO3/c1-2-5(9)8(11)6-3-4-7(10)12-6/h2-3,7,10H,1,4,9H2. The molecular formula is C8H10NO3. The van der Waals surface area contributed by atoms with Crippen LogP contribution in [0, 0.1) is 6.04 Å². The zero-order chi connectivity index (χ0) is 9.14. The van der Waals surface area contributed by atoms with Crippen molar-refractivity contribution >= 4 is 5.78 Å². The first-order chi connectivity index (χ1) is 5.65. The van der Waals surface area contributed by atoms with Gasteiger partial charge < -0.3 is 15.6 Å². The maximum Gasteiger partial charge on any atom is 0.223 e. The molecule has 1 aliphatic heterocycles. The lowest BCUT2D eigenvalue weighted by Crippen LogP contribution is -2.21. The summed E-state index contributed by atoms with van der Waals surface area (Å²) < 4.78 is 4.76. The van der Waals surface area contributed by atoms with Crippen molar-refractivity contribution in [3.05, 3.63) is 30.5 Å². The van der Waals surface area contributed by atoms with Crippen molar-refractivity contribution in [2.75, 3.05) is 0 Å². The van der Waals surface area contributed by atoms with E-state index < -0.39 is 12.1 Å². The summed E-state index contributed by atoms with van der Waals surface area (Å²) in [6.45, 7) is 3.34. The second-order valence-corrected chi connectivity index (χ2v) is 2.37. The summed E-state index contributed by atoms with van der Waals surface area (Å²) in [4.78, 5) is 11.2. The van der Waals surface area contributed by atoms with Gasteiger partial charge in [0.05, 0.1) is 0 Å². The number of aliphatic hydroxyl groups is 1. The van der Waals surface area contributed by atoms with Gasteiger partial charge in [-0.3, -0.25) is 4.79 Å². The molecule has 1 heterocycles. The minimum absolute atomic E-state index is 0.0235. The van der Waals surface area contributed by atoms with Gasteiger partial charge in [-0.25, -0.2) is 0 Å². The van der Waals surface area contributed by atoms with Gasteiger partial charge >= 0.3 is 0 Å². The van der Waals surface area contributed by atoms with E-state index in [9.17, 15) is 4.79 Å². The molecule has 1 aliphatic rings. The summed E-state index contributed by atoms with van der Waals surface area (Å²) in [5.74, 6) is -0.332. The smallest absolute Gasteiger partial charge is 0.223 e. The van der Waals surface area contributed by atoms with Crippen LogP contribution in [0.15, 0.2) is 24.5 Å². The molecule has 1 atom stereocenters. The number of hydrogen-bond acceptors (Lipinski definition) is 4. The van der Waals surface area contributed by atoms with Gasteiger partial charge in [0.1, 0.15) is 6.04 Å². The minimum atomic E-state index is -0.915. The van der Waals surface area contributed by atoms with Crippen molar-refractivity contribution in [2.45, 2.75) is 12.7 Å². The molecule has 0 aromatic heterocycles. The SMILES string of the molecule is C=C[C](N)C(=O)C1=CCC(O)O1. The summed E-state index contributed by atoms with van der Waals surface area (Å²) in [5.41, 5.74) is 5.29. The maximum atomic E-state index is 11.2. The van der Waals surface area contributed by atoms with E-state index in [-0.39, 0.29) is 11.8 Å². The molecule has 0 aromatic carbocycles. The Labute approximate surface area is 70.3 Å². The molecule has 0 aliphatic carbocycles. The third-order valence-electron chi connectivity index (χ3n) is 1.47. The molecule has 1 rings (SSSR count). The predicted molar refractivity (Wildman–Crippen MR) is 42.4 cm³/mol. The number of nitrogens with two attached hydrogens (primary N) is 1. The molecule has 12 heavy (non-hydrogen) atoms. The Morgan fingerprint density at radius 1 is 1.92 bits per heavy atom. The second kappa shape index (κ2) is 3.51. The highest BCUT2D eigenvalue weighted by molar-refractivity contribution is 6.05. The Balaban J connectivity index is 2.60. The Morgan fingerprint density at radius 2 is 2.58 bits per heavy atom. The highest BCUT2D eigenvalue weighted by Gasteiger charge is 2.24. The lowest BCUT2D eigenvalue weighted by atomic mass is 10.1. The van der Waals surface area contributed by atoms with Gasteiger partial charge in [-0.1, -0.05) is 6.08 Å². The Bertz CT molecular complexity index is 234.